The van der Waals surface area contributed by atoms with Crippen molar-refractivity contribution in [2.24, 2.45) is 0 Å². The van der Waals surface area contributed by atoms with E-state index in [0.29, 0.717) is 102 Å². The Morgan fingerprint density at radius 3 is 0.843 bits per heavy atom. The molecule has 8 atom stereocenters. The van der Waals surface area contributed by atoms with Crippen molar-refractivity contribution in [1.82, 2.24) is 21.3 Å². The minimum atomic E-state index is -0.949. The van der Waals surface area contributed by atoms with E-state index in [-0.39, 0.29) is 81.4 Å². The zero-order valence-electron chi connectivity index (χ0n) is 71.8. The lowest BCUT2D eigenvalue weighted by atomic mass is 10.0. The molecule has 24 nitrogen and oxygen atoms in total. The maximum atomic E-state index is 12.2. The predicted molar refractivity (Wildman–Crippen MR) is 454 cm³/mol. The van der Waals surface area contributed by atoms with Crippen molar-refractivity contribution in [3.8, 4) is 0 Å². The number of epoxide rings is 2. The van der Waals surface area contributed by atoms with Gasteiger partial charge in [0, 0.05) is 90.4 Å². The van der Waals surface area contributed by atoms with Crippen molar-refractivity contribution in [2.45, 2.75) is 443 Å². The highest BCUT2D eigenvalue weighted by Gasteiger charge is 2.37. The molecule has 664 valence electrons. The van der Waals surface area contributed by atoms with Crippen molar-refractivity contribution in [3.63, 3.8) is 0 Å². The molecule has 24 heteroatoms. The number of hydrogen-bond donors (Lipinski definition) is 10. The van der Waals surface area contributed by atoms with Crippen molar-refractivity contribution in [1.29, 1.82) is 0 Å². The van der Waals surface area contributed by atoms with Crippen LogP contribution in [-0.4, -0.2) is 165 Å². The number of carboxylic acid groups (broad SMARTS) is 4. The number of aliphatic hydroxyl groups excluding tert-OH is 2. The number of carbonyl (C=O) groups is 10. The Bertz CT molecular complexity index is 2440. The van der Waals surface area contributed by atoms with Gasteiger partial charge >= 0.3 is 35.8 Å². The fourth-order valence-electron chi connectivity index (χ4n) is 13.1. The maximum Gasteiger partial charge on any atom is 0.306 e. The van der Waals surface area contributed by atoms with Gasteiger partial charge < -0.3 is 70.9 Å². The number of aliphatic carboxylic acids is 4. The number of allylic oxidation sites excluding steroid dienone is 4. The van der Waals surface area contributed by atoms with Crippen molar-refractivity contribution in [2.75, 3.05) is 26.2 Å². The van der Waals surface area contributed by atoms with Gasteiger partial charge in [-0.2, -0.15) is 0 Å². The van der Waals surface area contributed by atoms with Gasteiger partial charge in [0.25, 0.3) is 0 Å². The van der Waals surface area contributed by atoms with Gasteiger partial charge in [-0.1, -0.05) is 218 Å². The van der Waals surface area contributed by atoms with E-state index in [2.05, 4.69) is 73.3 Å². The third-order valence-corrected chi connectivity index (χ3v) is 20.3. The molecule has 4 amide bonds. The highest BCUT2D eigenvalue weighted by atomic mass is 16.6. The fraction of sp³-hybridized carbons (Fsp3) is 0.802. The molecule has 0 radical (unpaired) electrons. The van der Waals surface area contributed by atoms with Crippen LogP contribution in [0.25, 0.3) is 0 Å². The van der Waals surface area contributed by atoms with Gasteiger partial charge in [-0.3, -0.25) is 47.9 Å². The average Bonchev–Trinajstić information content (AvgIpc) is 1.71. The van der Waals surface area contributed by atoms with Crippen LogP contribution in [0.3, 0.4) is 0 Å². The molecule has 0 saturated carbocycles. The van der Waals surface area contributed by atoms with Crippen LogP contribution in [0, 0.1) is 0 Å². The van der Waals surface area contributed by atoms with E-state index >= 15 is 0 Å². The Morgan fingerprint density at radius 1 is 0.296 bits per heavy atom. The Hall–Kier alpha value is -6.50. The Labute approximate surface area is 692 Å². The summed E-state index contributed by atoms with van der Waals surface area (Å²) in [6, 6.07) is 0. The Kier molecular flexibility index (Phi) is 74.2. The summed E-state index contributed by atoms with van der Waals surface area (Å²) in [5.41, 5.74) is 0. The number of carbonyl (C=O) groups excluding carboxylic acids is 6. The summed E-state index contributed by atoms with van der Waals surface area (Å²) in [6.07, 6.45) is 64.1. The highest BCUT2D eigenvalue weighted by molar-refractivity contribution is 5.78. The van der Waals surface area contributed by atoms with E-state index in [1.807, 2.05) is 24.3 Å². The van der Waals surface area contributed by atoms with Gasteiger partial charge in [-0.15, -0.1) is 0 Å². The molecule has 2 heterocycles. The first-order chi connectivity index (χ1) is 55.6. The van der Waals surface area contributed by atoms with Crippen LogP contribution in [-0.2, 0) is 66.9 Å². The molecule has 2 aliphatic heterocycles. The van der Waals surface area contributed by atoms with Crippen LogP contribution in [0.15, 0.2) is 48.6 Å². The first-order valence-corrected chi connectivity index (χ1v) is 45.3. The first kappa shape index (κ1) is 108. The lowest BCUT2D eigenvalue weighted by Gasteiger charge is -2.22. The molecule has 0 aromatic rings. The van der Waals surface area contributed by atoms with Crippen molar-refractivity contribution < 1.29 is 97.5 Å². The maximum absolute atomic E-state index is 12.2. The summed E-state index contributed by atoms with van der Waals surface area (Å²) in [5.74, 6) is -4.56. The number of amides is 4. The molecule has 10 N–H and O–H groups in total. The third kappa shape index (κ3) is 76.0. The molecule has 2 saturated heterocycles. The third-order valence-electron chi connectivity index (χ3n) is 20.3. The topological polar surface area (TPSA) is 384 Å². The summed E-state index contributed by atoms with van der Waals surface area (Å²) in [7, 11) is 0. The Balaban J connectivity index is 0.00000212. The van der Waals surface area contributed by atoms with Crippen LogP contribution in [0.5, 0.6) is 0 Å². The summed E-state index contributed by atoms with van der Waals surface area (Å²) < 4.78 is 22.5. The van der Waals surface area contributed by atoms with Gasteiger partial charge in [0.15, 0.2) is 0 Å². The molecule has 0 aliphatic carbocycles. The number of esters is 2. The number of rotatable bonds is 78. The van der Waals surface area contributed by atoms with Crippen LogP contribution < -0.4 is 21.3 Å². The minimum Gasteiger partial charge on any atom is -0.481 e. The van der Waals surface area contributed by atoms with Crippen LogP contribution in [0.4, 0.5) is 0 Å². The SMILES string of the molecule is CCCCCC(OC(=O)CCCC(=O)O)C(O)CC=CCCCCCCCC(=O)NCCNC(=O)CCCCCCCC=CCC(O)C(CCCCC)OC(=O)CCCC(=O)O.CCCCCC1OC1CC=CCCCCCCCC(=O)NCCNC(=O)CCCCCCCC=CCC1OC1CCCCC.O=C(O)CCCC(=O)O. The fourth-order valence-corrected chi connectivity index (χ4v) is 13.1. The predicted octanol–water partition coefficient (Wildman–Crippen LogP) is 18.4. The normalized spacial score (nSPS) is 15.9. The number of nitrogens with one attached hydrogen (secondary N) is 4. The molecule has 115 heavy (non-hydrogen) atoms. The summed E-state index contributed by atoms with van der Waals surface area (Å²) in [5, 5.41) is 66.5. The van der Waals surface area contributed by atoms with Gasteiger partial charge in [0.05, 0.1) is 36.6 Å². The number of unbranched alkanes of at least 4 members (excludes halogenated alkanes) is 28. The molecule has 0 bridgehead atoms. The molecular formula is C91H160N4O20. The molecule has 0 aromatic carbocycles. The zero-order valence-corrected chi connectivity index (χ0v) is 71.8. The summed E-state index contributed by atoms with van der Waals surface area (Å²) >= 11 is 0. The van der Waals surface area contributed by atoms with E-state index in [4.69, 9.17) is 39.4 Å². The number of carboxylic acids is 4. The van der Waals surface area contributed by atoms with Crippen LogP contribution >= 0.6 is 0 Å². The van der Waals surface area contributed by atoms with Crippen LogP contribution in [0.1, 0.15) is 394 Å². The van der Waals surface area contributed by atoms with Gasteiger partial charge in [0.1, 0.15) is 12.2 Å². The molecule has 8 unspecified atom stereocenters. The highest BCUT2D eigenvalue weighted by Crippen LogP contribution is 2.32. The number of hydrogen-bond acceptors (Lipinski definition) is 16. The van der Waals surface area contributed by atoms with Crippen LogP contribution in [0.2, 0.25) is 0 Å². The monoisotopic (exact) mass is 1630 g/mol. The van der Waals surface area contributed by atoms with Crippen molar-refractivity contribution in [3.05, 3.63) is 48.6 Å². The standard InChI is InChI=1S/C48H84N2O12.C38H68N2O4.C5H8O4/c1-3-5-19-29-41(61-47(59)35-25-33-45(55)56)39(51)27-21-15-11-7-9-13-17-23-31-43(53)49-37-38-50-44(54)32-24-18-14-10-8-12-16-22-28-40(52)42(30-20-6-4-2)62-48(60)36-26-34-46(57)58;1-3-5-19-25-33-35(43-33)27-21-15-11-7-9-13-17-23-29-37(41)39-31-32-40-38(42)30-24-18-14-10-8-12-16-22-28-36-34(44-36)26-20-6-4-2;6-4(7)2-1-3-5(8)9/h15-16,21-22,39-42,51-52H,3-14,17-20,23-38H2,1-2H3,(H,49,53)(H,50,54)(H,55,56)(H,57,58);15-16,21-22,33-36H,3-14,17-20,23-32H2,1-2H3,(H,39,41)(H,40,42);1-3H2,(H,6,7)(H,8,9). The Morgan fingerprint density at radius 2 is 0.557 bits per heavy atom. The average molecular weight is 1630 g/mol. The first-order valence-electron chi connectivity index (χ1n) is 45.3. The van der Waals surface area contributed by atoms with E-state index in [1.54, 1.807) is 0 Å². The lowest BCUT2D eigenvalue weighted by Crippen LogP contribution is -2.34. The second-order valence-corrected chi connectivity index (χ2v) is 31.2. The van der Waals surface area contributed by atoms with E-state index in [0.717, 1.165) is 167 Å². The quantitative estimate of drug-likeness (QED) is 0.0117. The molecule has 2 aliphatic rings. The second kappa shape index (κ2) is 78.7. The van der Waals surface area contributed by atoms with E-state index in [1.165, 1.54) is 89.9 Å². The largest absolute Gasteiger partial charge is 0.481 e. The van der Waals surface area contributed by atoms with E-state index in [9.17, 15) is 58.2 Å². The molecule has 2 rings (SSSR count). The summed E-state index contributed by atoms with van der Waals surface area (Å²) in [4.78, 5) is 114. The molecule has 0 aromatic heterocycles. The molecular weight excluding hydrogens is 1470 g/mol. The molecule has 0 spiro atoms. The van der Waals surface area contributed by atoms with E-state index < -0.39 is 60.2 Å². The zero-order chi connectivity index (χ0) is 84.8. The minimum absolute atomic E-state index is 0.00969. The van der Waals surface area contributed by atoms with Gasteiger partial charge in [-0.25, -0.2) is 0 Å². The summed E-state index contributed by atoms with van der Waals surface area (Å²) in [6.45, 7) is 10.5. The van der Waals surface area contributed by atoms with Gasteiger partial charge in [-0.05, 0) is 161 Å². The smallest absolute Gasteiger partial charge is 0.306 e. The van der Waals surface area contributed by atoms with Gasteiger partial charge in [0.2, 0.25) is 23.6 Å². The lowest BCUT2D eigenvalue weighted by molar-refractivity contribution is -0.156. The van der Waals surface area contributed by atoms with Crippen molar-refractivity contribution >= 4 is 59.4 Å². The second-order valence-electron chi connectivity index (χ2n) is 31.2. The molecule has 2 fully saturated rings. The number of aliphatic hydroxyl groups is 2. The number of ether oxygens (including phenoxy) is 4.